The molecule has 0 N–H and O–H groups in total. The Morgan fingerprint density at radius 1 is 1.14 bits per heavy atom. The van der Waals surface area contributed by atoms with Crippen LogP contribution in [0.2, 0.25) is 0 Å². The highest BCUT2D eigenvalue weighted by molar-refractivity contribution is 5.97. The Morgan fingerprint density at radius 3 is 2.77 bits per heavy atom. The van der Waals surface area contributed by atoms with Crippen molar-refractivity contribution in [2.24, 2.45) is 0 Å². The largest absolute Gasteiger partial charge is 0.334 e. The highest BCUT2D eigenvalue weighted by atomic mass is 16.2. The van der Waals surface area contributed by atoms with Gasteiger partial charge < -0.3 is 4.90 Å². The third-order valence-electron chi connectivity index (χ3n) is 4.27. The molecule has 2 heterocycles. The molecule has 0 saturated carbocycles. The maximum atomic E-state index is 12.8. The van der Waals surface area contributed by atoms with Crippen LogP contribution in [0.3, 0.4) is 0 Å². The van der Waals surface area contributed by atoms with Crippen LogP contribution in [0.15, 0.2) is 48.7 Å². The van der Waals surface area contributed by atoms with Crippen LogP contribution in [0.4, 0.5) is 0 Å². The maximum Gasteiger partial charge on any atom is 0.254 e. The average molecular weight is 292 g/mol. The molecule has 0 spiro atoms. The van der Waals surface area contributed by atoms with Crippen molar-refractivity contribution in [1.29, 1.82) is 0 Å². The van der Waals surface area contributed by atoms with Crippen LogP contribution in [0.1, 0.15) is 33.6 Å². The van der Waals surface area contributed by atoms with Gasteiger partial charge in [0.05, 0.1) is 5.69 Å². The van der Waals surface area contributed by atoms with Crippen LogP contribution < -0.4 is 0 Å². The summed E-state index contributed by atoms with van der Waals surface area (Å²) in [5.41, 5.74) is 5.12. The normalized spacial score (nSPS) is 14.6. The van der Waals surface area contributed by atoms with E-state index in [0.717, 1.165) is 40.9 Å². The van der Waals surface area contributed by atoms with Gasteiger partial charge in [-0.3, -0.25) is 9.78 Å². The number of benzene rings is 1. The maximum absolute atomic E-state index is 12.8. The van der Waals surface area contributed by atoms with E-state index < -0.39 is 0 Å². The van der Waals surface area contributed by atoms with E-state index in [9.17, 15) is 4.79 Å². The minimum Gasteiger partial charge on any atom is -0.334 e. The fourth-order valence-electron chi connectivity index (χ4n) is 2.81. The van der Waals surface area contributed by atoms with Gasteiger partial charge in [0.2, 0.25) is 0 Å². The molecule has 3 rings (SSSR count). The predicted molar refractivity (Wildman–Crippen MR) is 88.7 cm³/mol. The Morgan fingerprint density at radius 2 is 2.00 bits per heavy atom. The summed E-state index contributed by atoms with van der Waals surface area (Å²) < 4.78 is 0. The molecule has 0 saturated heterocycles. The summed E-state index contributed by atoms with van der Waals surface area (Å²) >= 11 is 0. The van der Waals surface area contributed by atoms with E-state index >= 15 is 0 Å². The smallest absolute Gasteiger partial charge is 0.254 e. The van der Waals surface area contributed by atoms with Crippen molar-refractivity contribution in [3.05, 3.63) is 71.1 Å². The van der Waals surface area contributed by atoms with Crippen LogP contribution in [0, 0.1) is 13.8 Å². The van der Waals surface area contributed by atoms with E-state index in [4.69, 9.17) is 0 Å². The number of aromatic nitrogens is 1. The van der Waals surface area contributed by atoms with Gasteiger partial charge in [-0.2, -0.15) is 0 Å². The molecule has 0 aliphatic carbocycles. The highest BCUT2D eigenvalue weighted by Crippen LogP contribution is 2.22. The number of amides is 1. The van der Waals surface area contributed by atoms with Crippen LogP contribution in [0.5, 0.6) is 0 Å². The third-order valence-corrected chi connectivity index (χ3v) is 4.27. The van der Waals surface area contributed by atoms with Crippen molar-refractivity contribution in [2.45, 2.75) is 20.3 Å². The lowest BCUT2D eigenvalue weighted by Gasteiger charge is -2.28. The molecule has 3 heteroatoms. The Labute approximate surface area is 131 Å². The summed E-state index contributed by atoms with van der Waals surface area (Å²) in [4.78, 5) is 19.1. The van der Waals surface area contributed by atoms with Gasteiger partial charge in [-0.25, -0.2) is 0 Å². The van der Waals surface area contributed by atoms with Crippen LogP contribution in [-0.4, -0.2) is 28.9 Å². The molecule has 1 amide bonds. The zero-order valence-corrected chi connectivity index (χ0v) is 13.0. The van der Waals surface area contributed by atoms with E-state index in [-0.39, 0.29) is 5.91 Å². The molecule has 1 aromatic heterocycles. The first-order valence-electron chi connectivity index (χ1n) is 7.63. The van der Waals surface area contributed by atoms with E-state index in [1.54, 1.807) is 6.20 Å². The Kier molecular flexibility index (Phi) is 4.05. The number of hydrogen-bond donors (Lipinski definition) is 0. The Balaban J connectivity index is 1.83. The molecule has 1 aliphatic rings. The van der Waals surface area contributed by atoms with Gasteiger partial charge in [-0.05, 0) is 55.2 Å². The number of pyridine rings is 1. The summed E-state index contributed by atoms with van der Waals surface area (Å²) in [6.45, 7) is 5.45. The molecule has 112 valence electrons. The summed E-state index contributed by atoms with van der Waals surface area (Å²) in [6, 6.07) is 11.8. The summed E-state index contributed by atoms with van der Waals surface area (Å²) in [5.74, 6) is 0.114. The van der Waals surface area contributed by atoms with Crippen LogP contribution >= 0.6 is 0 Å². The molecule has 0 fully saturated rings. The van der Waals surface area contributed by atoms with Gasteiger partial charge in [0.15, 0.2) is 0 Å². The van der Waals surface area contributed by atoms with Crippen molar-refractivity contribution in [2.75, 3.05) is 13.1 Å². The predicted octanol–water partition coefficient (Wildman–Crippen LogP) is 3.63. The monoisotopic (exact) mass is 292 g/mol. The number of nitrogens with zero attached hydrogens (tertiary/aromatic N) is 2. The second kappa shape index (κ2) is 6.14. The lowest BCUT2D eigenvalue weighted by molar-refractivity contribution is 0.0774. The van der Waals surface area contributed by atoms with Crippen molar-refractivity contribution in [1.82, 2.24) is 9.88 Å². The van der Waals surface area contributed by atoms with Crippen LogP contribution in [0.25, 0.3) is 5.57 Å². The fraction of sp³-hybridized carbons (Fsp3) is 0.263. The number of aryl methyl sites for hydroxylation is 1. The molecule has 1 aliphatic heterocycles. The third kappa shape index (κ3) is 2.80. The molecule has 0 bridgehead atoms. The SMILES string of the molecule is Cc1cccc(C(=O)N2CCC=C(c3ccccn3)C2)c1C. The van der Waals surface area contributed by atoms with Gasteiger partial charge in [-0.15, -0.1) is 0 Å². The number of hydrogen-bond acceptors (Lipinski definition) is 2. The zero-order chi connectivity index (χ0) is 15.5. The zero-order valence-electron chi connectivity index (χ0n) is 13.0. The molecule has 0 unspecified atom stereocenters. The molecular formula is C19H20N2O. The number of rotatable bonds is 2. The van der Waals surface area contributed by atoms with Gasteiger partial charge >= 0.3 is 0 Å². The molecule has 0 radical (unpaired) electrons. The van der Waals surface area contributed by atoms with Crippen molar-refractivity contribution in [3.63, 3.8) is 0 Å². The van der Waals surface area contributed by atoms with E-state index in [0.29, 0.717) is 6.54 Å². The average Bonchev–Trinajstić information content (AvgIpc) is 2.58. The van der Waals surface area contributed by atoms with Crippen molar-refractivity contribution >= 4 is 11.5 Å². The molecule has 22 heavy (non-hydrogen) atoms. The second-order valence-electron chi connectivity index (χ2n) is 5.71. The van der Waals surface area contributed by atoms with Crippen LogP contribution in [-0.2, 0) is 0 Å². The van der Waals surface area contributed by atoms with Gasteiger partial charge in [0.1, 0.15) is 0 Å². The first-order chi connectivity index (χ1) is 10.7. The van der Waals surface area contributed by atoms with Gasteiger partial charge in [0, 0.05) is 24.8 Å². The van der Waals surface area contributed by atoms with Crippen molar-refractivity contribution in [3.8, 4) is 0 Å². The van der Waals surface area contributed by atoms with Gasteiger partial charge in [-0.1, -0.05) is 24.3 Å². The summed E-state index contributed by atoms with van der Waals surface area (Å²) in [5, 5.41) is 0. The van der Waals surface area contributed by atoms with E-state index in [1.807, 2.05) is 55.1 Å². The first kappa shape index (κ1) is 14.5. The molecule has 3 nitrogen and oxygen atoms in total. The lowest BCUT2D eigenvalue weighted by atomic mass is 10.0. The van der Waals surface area contributed by atoms with E-state index in [1.165, 1.54) is 0 Å². The molecular weight excluding hydrogens is 272 g/mol. The minimum absolute atomic E-state index is 0.114. The standard InChI is InChI=1S/C19H20N2O/c1-14-7-5-9-17(15(14)2)19(22)21-12-6-8-16(13-21)18-10-3-4-11-20-18/h3-5,7-11H,6,12-13H2,1-2H3. The van der Waals surface area contributed by atoms with Crippen molar-refractivity contribution < 1.29 is 4.79 Å². The molecule has 2 aromatic rings. The van der Waals surface area contributed by atoms with E-state index in [2.05, 4.69) is 11.1 Å². The lowest BCUT2D eigenvalue weighted by Crippen LogP contribution is -2.36. The Bertz CT molecular complexity index is 719. The Hall–Kier alpha value is -2.42. The summed E-state index contributed by atoms with van der Waals surface area (Å²) in [6.07, 6.45) is 4.86. The second-order valence-corrected chi connectivity index (χ2v) is 5.71. The molecule has 1 aromatic carbocycles. The topological polar surface area (TPSA) is 33.2 Å². The molecule has 0 atom stereocenters. The fourth-order valence-corrected chi connectivity index (χ4v) is 2.81. The van der Waals surface area contributed by atoms with Gasteiger partial charge in [0.25, 0.3) is 5.91 Å². The first-order valence-corrected chi connectivity index (χ1v) is 7.63. The minimum atomic E-state index is 0.114. The highest BCUT2D eigenvalue weighted by Gasteiger charge is 2.22. The number of carbonyl (C=O) groups excluding carboxylic acids is 1. The number of carbonyl (C=O) groups is 1. The quantitative estimate of drug-likeness (QED) is 0.847. The summed E-state index contributed by atoms with van der Waals surface area (Å²) in [7, 11) is 0.